The maximum Gasteiger partial charge on any atom is 0.416 e. The first-order valence-corrected chi connectivity index (χ1v) is 15.6. The van der Waals surface area contributed by atoms with Crippen LogP contribution in [0.4, 0.5) is 18.9 Å². The number of nitrogens with zero attached hydrogens (tertiary/aromatic N) is 4. The molecule has 4 rings (SSSR count). The van der Waals surface area contributed by atoms with Gasteiger partial charge in [0.1, 0.15) is 12.4 Å². The summed E-state index contributed by atoms with van der Waals surface area (Å²) in [6.07, 6.45) is -5.08. The van der Waals surface area contributed by atoms with Crippen LogP contribution in [0.2, 0.25) is 0 Å². The van der Waals surface area contributed by atoms with Crippen molar-refractivity contribution in [3.05, 3.63) is 64.6 Å². The van der Waals surface area contributed by atoms with Gasteiger partial charge in [-0.25, -0.2) is 14.2 Å². The van der Waals surface area contributed by atoms with E-state index in [0.29, 0.717) is 56.0 Å². The van der Waals surface area contributed by atoms with Gasteiger partial charge in [-0.3, -0.25) is 18.8 Å². The van der Waals surface area contributed by atoms with Gasteiger partial charge in [-0.15, -0.1) is 0 Å². The molecule has 0 bridgehead atoms. The lowest BCUT2D eigenvalue weighted by atomic mass is 10.1. The highest BCUT2D eigenvalue weighted by atomic mass is 31.2. The van der Waals surface area contributed by atoms with Crippen LogP contribution in [0, 0.1) is 0 Å². The molecule has 10 nitrogen and oxygen atoms in total. The molecule has 230 valence electrons. The quantitative estimate of drug-likeness (QED) is 0.254. The number of aromatic nitrogens is 2. The third kappa shape index (κ3) is 7.08. The monoisotopic (exact) mass is 611 g/mol. The van der Waals surface area contributed by atoms with Gasteiger partial charge in [0.2, 0.25) is 0 Å². The first-order chi connectivity index (χ1) is 19.8. The summed E-state index contributed by atoms with van der Waals surface area (Å²) in [7, 11) is -2.42. The third-order valence-electron chi connectivity index (χ3n) is 7.09. The molecule has 14 heteroatoms. The number of alkyl halides is 3. The first-order valence-electron chi connectivity index (χ1n) is 13.8. The molecule has 0 saturated carbocycles. The highest BCUT2D eigenvalue weighted by Gasteiger charge is 2.35. The normalized spacial score (nSPS) is 17.0. The minimum Gasteiger partial charge on any atom is -0.462 e. The highest BCUT2D eigenvalue weighted by molar-refractivity contribution is 7.60. The fraction of sp³-hybridized carbons (Fsp3) is 0.500. The topological polar surface area (TPSA) is 98.0 Å². The van der Waals surface area contributed by atoms with E-state index in [-0.39, 0.29) is 12.5 Å². The third-order valence-corrected chi connectivity index (χ3v) is 9.52. The van der Waals surface area contributed by atoms with Crippen LogP contribution < -0.4 is 15.7 Å². The number of imidazole rings is 1. The van der Waals surface area contributed by atoms with Gasteiger partial charge < -0.3 is 14.4 Å². The molecule has 2 aromatic carbocycles. The lowest BCUT2D eigenvalue weighted by molar-refractivity contribution is -0.149. The number of methoxy groups -OCH3 is 1. The van der Waals surface area contributed by atoms with E-state index in [1.165, 1.54) is 30.5 Å². The van der Waals surface area contributed by atoms with E-state index in [1.807, 2.05) is 4.90 Å². The molecule has 2 heterocycles. The van der Waals surface area contributed by atoms with Crippen LogP contribution in [-0.2, 0) is 31.6 Å². The Morgan fingerprint density at radius 2 is 1.67 bits per heavy atom. The van der Waals surface area contributed by atoms with Gasteiger partial charge in [0.05, 0.1) is 22.7 Å². The molecule has 2 atom stereocenters. The van der Waals surface area contributed by atoms with Crippen LogP contribution in [0.25, 0.3) is 11.0 Å². The molecule has 1 saturated heterocycles. The number of piperazine rings is 1. The molecule has 0 radical (unpaired) electrons. The highest BCUT2D eigenvalue weighted by Crippen LogP contribution is 2.44. The second-order valence-electron chi connectivity index (χ2n) is 10.6. The van der Waals surface area contributed by atoms with E-state index >= 15 is 0 Å². The molecule has 1 aliphatic heterocycles. The smallest absolute Gasteiger partial charge is 0.416 e. The predicted molar refractivity (Wildman–Crippen MR) is 155 cm³/mol. The lowest BCUT2D eigenvalue weighted by Crippen LogP contribution is -2.47. The lowest BCUT2D eigenvalue weighted by Gasteiger charge is -2.36. The van der Waals surface area contributed by atoms with Crippen molar-refractivity contribution in [3.8, 4) is 0 Å². The van der Waals surface area contributed by atoms with Gasteiger partial charge in [0.15, 0.2) is 0 Å². The number of hydrogen-bond acceptors (Lipinski definition) is 7. The number of hydrogen-bond donors (Lipinski definition) is 1. The summed E-state index contributed by atoms with van der Waals surface area (Å²) in [6, 6.07) is 11.3. The predicted octanol–water partition coefficient (Wildman–Crippen LogP) is 4.22. The van der Waals surface area contributed by atoms with Crippen molar-refractivity contribution in [2.24, 2.45) is 0 Å². The molecule has 1 aromatic heterocycles. The standard InChI is InChI=1S/C28H37F3N5O5P/c1-20(2)41-26(37)21(3)32-42(39,19-40-4)36-25-11-6-5-10-24(25)35(27(36)38)17-14-33-12-15-34(16-13-33)23-9-7-8-22(18-23)28(29,30)31/h5-11,18,20-21H,12-17,19H2,1-4H3,(H,32,39)/t21-,42?/m0/s1. The van der Waals surface area contributed by atoms with Gasteiger partial charge in [-0.1, -0.05) is 18.2 Å². The number of halogens is 3. The Balaban J connectivity index is 1.51. The molecule has 0 spiro atoms. The minimum absolute atomic E-state index is 0.299. The number of fused-ring (bicyclic) bond motifs is 1. The van der Waals surface area contributed by atoms with Crippen molar-refractivity contribution in [2.45, 2.75) is 45.6 Å². The van der Waals surface area contributed by atoms with Crippen LogP contribution >= 0.6 is 7.44 Å². The Labute approximate surface area is 242 Å². The second-order valence-corrected chi connectivity index (χ2v) is 12.9. The summed E-state index contributed by atoms with van der Waals surface area (Å²) in [5.41, 5.74) is 0.368. The van der Waals surface area contributed by atoms with Crippen LogP contribution in [-0.4, -0.2) is 78.1 Å². The molecule has 42 heavy (non-hydrogen) atoms. The maximum absolute atomic E-state index is 14.2. The zero-order chi connectivity index (χ0) is 30.7. The Morgan fingerprint density at radius 3 is 2.29 bits per heavy atom. The van der Waals surface area contributed by atoms with Crippen LogP contribution in [0.5, 0.6) is 0 Å². The van der Waals surface area contributed by atoms with Crippen molar-refractivity contribution in [1.29, 1.82) is 0 Å². The fourth-order valence-electron chi connectivity index (χ4n) is 5.09. The summed E-state index contributed by atoms with van der Waals surface area (Å²) < 4.78 is 66.9. The number of ether oxygens (including phenoxy) is 2. The van der Waals surface area contributed by atoms with Gasteiger partial charge in [0.25, 0.3) is 7.44 Å². The molecule has 0 amide bonds. The second kappa shape index (κ2) is 13.0. The Bertz CT molecular complexity index is 1500. The molecule has 1 fully saturated rings. The molecular weight excluding hydrogens is 574 g/mol. The molecule has 1 aliphatic rings. The van der Waals surface area contributed by atoms with E-state index in [2.05, 4.69) is 9.99 Å². The summed E-state index contributed by atoms with van der Waals surface area (Å²) in [5.74, 6) is -0.595. The summed E-state index contributed by atoms with van der Waals surface area (Å²) in [4.78, 5) is 30.3. The first kappa shape index (κ1) is 31.8. The zero-order valence-electron chi connectivity index (χ0n) is 24.1. The van der Waals surface area contributed by atoms with E-state index in [9.17, 15) is 27.3 Å². The molecule has 1 unspecified atom stereocenters. The van der Waals surface area contributed by atoms with Gasteiger partial charge >= 0.3 is 17.8 Å². The number of rotatable bonds is 11. The average Bonchev–Trinajstić information content (AvgIpc) is 3.23. The van der Waals surface area contributed by atoms with Crippen LogP contribution in [0.3, 0.4) is 0 Å². The number of para-hydroxylation sites is 2. The van der Waals surface area contributed by atoms with Gasteiger partial charge in [-0.2, -0.15) is 13.2 Å². The number of carbonyl (C=O) groups is 1. The molecule has 3 aromatic rings. The Morgan fingerprint density at radius 1 is 1.00 bits per heavy atom. The SMILES string of the molecule is COCP(=O)(N[C@@H](C)C(=O)OC(C)C)n1c(=O)n(CCN2CCN(c3cccc(C(F)(F)F)c3)CC2)c2ccccc21. The number of esters is 1. The van der Waals surface area contributed by atoms with Gasteiger partial charge in [-0.05, 0) is 51.1 Å². The van der Waals surface area contributed by atoms with Crippen molar-refractivity contribution in [3.63, 3.8) is 0 Å². The van der Waals surface area contributed by atoms with E-state index < -0.39 is 36.9 Å². The van der Waals surface area contributed by atoms with E-state index in [1.54, 1.807) is 48.7 Å². The summed E-state index contributed by atoms with van der Waals surface area (Å²) in [6.45, 7) is 8.02. The fourth-order valence-corrected chi connectivity index (χ4v) is 7.36. The van der Waals surface area contributed by atoms with Crippen molar-refractivity contribution >= 4 is 30.1 Å². The van der Waals surface area contributed by atoms with Crippen molar-refractivity contribution in [2.75, 3.05) is 51.1 Å². The number of carbonyl (C=O) groups excluding carboxylic acids is 1. The van der Waals surface area contributed by atoms with Gasteiger partial charge in [0, 0.05) is 52.1 Å². The summed E-state index contributed by atoms with van der Waals surface area (Å²) >= 11 is 0. The van der Waals surface area contributed by atoms with E-state index in [4.69, 9.17) is 9.47 Å². The largest absolute Gasteiger partial charge is 0.462 e. The molecular formula is C28H37F3N5O5P. The Hall–Kier alpha value is -3.12. The molecule has 1 N–H and O–H groups in total. The Kier molecular flexibility index (Phi) is 9.87. The average molecular weight is 612 g/mol. The molecule has 0 aliphatic carbocycles. The van der Waals surface area contributed by atoms with Crippen molar-refractivity contribution in [1.82, 2.24) is 18.9 Å². The summed E-state index contributed by atoms with van der Waals surface area (Å²) in [5, 5.41) is 2.82. The van der Waals surface area contributed by atoms with Crippen molar-refractivity contribution < 1.29 is 32.0 Å². The zero-order valence-corrected chi connectivity index (χ0v) is 25.0. The minimum atomic E-state index is -4.40. The van der Waals surface area contributed by atoms with E-state index in [0.717, 1.165) is 6.07 Å². The number of anilines is 1. The van der Waals surface area contributed by atoms with Crippen LogP contribution in [0.1, 0.15) is 26.3 Å². The maximum atomic E-state index is 14.2. The van der Waals surface area contributed by atoms with Crippen LogP contribution in [0.15, 0.2) is 53.3 Å². The number of benzene rings is 2. The number of nitrogens with one attached hydrogen (secondary N) is 1.